The van der Waals surface area contributed by atoms with Gasteiger partial charge < -0.3 is 29.9 Å². The molecule has 0 saturated carbocycles. The van der Waals surface area contributed by atoms with E-state index in [1.54, 1.807) is 24.1 Å². The van der Waals surface area contributed by atoms with Gasteiger partial charge in [0.05, 0.1) is 25.7 Å². The van der Waals surface area contributed by atoms with E-state index in [0.29, 0.717) is 28.8 Å². The number of amides is 3. The summed E-state index contributed by atoms with van der Waals surface area (Å²) >= 11 is 6.39. The third-order valence-corrected chi connectivity index (χ3v) is 7.27. The first-order chi connectivity index (χ1) is 19.2. The second-order valence-corrected chi connectivity index (χ2v) is 10.4. The lowest BCUT2D eigenvalue weighted by molar-refractivity contribution is -0.118. The van der Waals surface area contributed by atoms with Gasteiger partial charge in [-0.1, -0.05) is 24.6 Å². The SMILES string of the molecule is CCNC(=O)Nc1cc(Cl)ccc1C1c2cc(O[C@H](C)CC)c(OC)cc2CC(=O)N1c1ccc(N(C)C)cc1. The fraction of sp³-hybridized carbons (Fsp3) is 0.355. The molecule has 0 fully saturated rings. The van der Waals surface area contributed by atoms with Crippen molar-refractivity contribution in [2.75, 3.05) is 42.9 Å². The average Bonchev–Trinajstić information content (AvgIpc) is 2.92. The van der Waals surface area contributed by atoms with Crippen LogP contribution in [0.15, 0.2) is 54.6 Å². The highest BCUT2D eigenvalue weighted by atomic mass is 35.5. The largest absolute Gasteiger partial charge is 0.493 e. The number of halogens is 1. The second-order valence-electron chi connectivity index (χ2n) is 10.0. The van der Waals surface area contributed by atoms with Gasteiger partial charge in [0.1, 0.15) is 0 Å². The van der Waals surface area contributed by atoms with Crippen LogP contribution in [0.3, 0.4) is 0 Å². The molecule has 1 unspecified atom stereocenters. The monoisotopic (exact) mass is 564 g/mol. The maximum Gasteiger partial charge on any atom is 0.319 e. The Labute approximate surface area is 241 Å². The van der Waals surface area contributed by atoms with Crippen molar-refractivity contribution in [2.45, 2.75) is 45.8 Å². The molecule has 1 aliphatic rings. The summed E-state index contributed by atoms with van der Waals surface area (Å²) in [5.74, 6) is 1.10. The second kappa shape index (κ2) is 12.5. The van der Waals surface area contributed by atoms with Crippen LogP contribution in [-0.4, -0.2) is 45.8 Å². The molecule has 4 rings (SSSR count). The zero-order valence-corrected chi connectivity index (χ0v) is 24.6. The van der Waals surface area contributed by atoms with Gasteiger partial charge in [-0.2, -0.15) is 0 Å². The number of carbonyl (C=O) groups is 2. The minimum atomic E-state index is -0.569. The quantitative estimate of drug-likeness (QED) is 0.314. The number of benzene rings is 3. The van der Waals surface area contributed by atoms with Gasteiger partial charge >= 0.3 is 6.03 Å². The molecule has 3 aromatic rings. The average molecular weight is 565 g/mol. The standard InChI is InChI=1S/C31H37ClN4O4/c1-7-19(3)40-28-18-25-20(15-27(28)39-6)16-29(37)36(23-12-10-22(11-13-23)35(4)5)30(25)24-14-9-21(32)17-26(24)34-31(38)33-8-2/h9-15,17-19,30H,7-8,16H2,1-6H3,(H2,33,34,38)/t19-,30?/m1/s1. The summed E-state index contributed by atoms with van der Waals surface area (Å²) in [7, 11) is 5.54. The Hall–Kier alpha value is -3.91. The number of urea groups is 1. The Morgan fingerprint density at radius 3 is 2.42 bits per heavy atom. The van der Waals surface area contributed by atoms with Crippen molar-refractivity contribution in [3.63, 3.8) is 0 Å². The van der Waals surface area contributed by atoms with Crippen LogP contribution in [0.4, 0.5) is 21.9 Å². The van der Waals surface area contributed by atoms with Gasteiger partial charge in [-0.25, -0.2) is 4.79 Å². The van der Waals surface area contributed by atoms with Crippen molar-refractivity contribution in [1.29, 1.82) is 0 Å². The van der Waals surface area contributed by atoms with E-state index in [0.717, 1.165) is 34.5 Å². The van der Waals surface area contributed by atoms with Gasteiger partial charge in [-0.05, 0) is 79.9 Å². The van der Waals surface area contributed by atoms with Gasteiger partial charge in [0.15, 0.2) is 11.5 Å². The molecule has 1 heterocycles. The maximum atomic E-state index is 13.9. The van der Waals surface area contributed by atoms with Crippen LogP contribution in [0.1, 0.15) is 49.9 Å². The third-order valence-electron chi connectivity index (χ3n) is 7.03. The van der Waals surface area contributed by atoms with Crippen molar-refractivity contribution >= 4 is 40.6 Å². The number of carbonyl (C=O) groups excluding carboxylic acids is 2. The molecule has 0 radical (unpaired) electrons. The number of ether oxygens (including phenoxy) is 2. The lowest BCUT2D eigenvalue weighted by Crippen LogP contribution is -2.41. The van der Waals surface area contributed by atoms with E-state index >= 15 is 0 Å². The summed E-state index contributed by atoms with van der Waals surface area (Å²) < 4.78 is 11.9. The van der Waals surface area contributed by atoms with Gasteiger partial charge in [0.2, 0.25) is 5.91 Å². The number of fused-ring (bicyclic) bond motifs is 1. The summed E-state index contributed by atoms with van der Waals surface area (Å²) in [5.41, 5.74) is 4.72. The first-order valence-electron chi connectivity index (χ1n) is 13.5. The van der Waals surface area contributed by atoms with E-state index in [2.05, 4.69) is 17.6 Å². The number of anilines is 3. The molecule has 3 amide bonds. The summed E-state index contributed by atoms with van der Waals surface area (Å²) in [4.78, 5) is 30.3. The molecule has 3 aromatic carbocycles. The Morgan fingerprint density at radius 2 is 1.80 bits per heavy atom. The smallest absolute Gasteiger partial charge is 0.319 e. The van der Waals surface area contributed by atoms with Crippen LogP contribution in [0.2, 0.25) is 5.02 Å². The normalized spacial score (nSPS) is 15.2. The van der Waals surface area contributed by atoms with Crippen molar-refractivity contribution in [2.24, 2.45) is 0 Å². The topological polar surface area (TPSA) is 83.1 Å². The Morgan fingerprint density at radius 1 is 1.07 bits per heavy atom. The van der Waals surface area contributed by atoms with E-state index in [-0.39, 0.29) is 24.5 Å². The first kappa shape index (κ1) is 29.1. The molecule has 0 bridgehead atoms. The molecule has 2 atom stereocenters. The highest BCUT2D eigenvalue weighted by Gasteiger charge is 2.37. The van der Waals surface area contributed by atoms with Crippen LogP contribution >= 0.6 is 11.6 Å². The molecule has 212 valence electrons. The molecule has 40 heavy (non-hydrogen) atoms. The van der Waals surface area contributed by atoms with Crippen molar-refractivity contribution in [1.82, 2.24) is 5.32 Å². The molecular weight excluding hydrogens is 528 g/mol. The van der Waals surface area contributed by atoms with Crippen LogP contribution < -0.4 is 29.9 Å². The zero-order chi connectivity index (χ0) is 29.0. The molecule has 8 nitrogen and oxygen atoms in total. The molecule has 0 aliphatic carbocycles. The fourth-order valence-electron chi connectivity index (χ4n) is 4.82. The summed E-state index contributed by atoms with van der Waals surface area (Å²) in [5, 5.41) is 6.17. The number of hydrogen-bond donors (Lipinski definition) is 2. The number of rotatable bonds is 9. The lowest BCUT2D eigenvalue weighted by Gasteiger charge is -2.39. The number of methoxy groups -OCH3 is 1. The van der Waals surface area contributed by atoms with E-state index < -0.39 is 6.04 Å². The van der Waals surface area contributed by atoms with E-state index in [1.807, 2.05) is 75.3 Å². The predicted molar refractivity (Wildman–Crippen MR) is 161 cm³/mol. The highest BCUT2D eigenvalue weighted by molar-refractivity contribution is 6.31. The van der Waals surface area contributed by atoms with Crippen LogP contribution in [0.25, 0.3) is 0 Å². The van der Waals surface area contributed by atoms with Gasteiger partial charge in [0.25, 0.3) is 0 Å². The summed E-state index contributed by atoms with van der Waals surface area (Å²) in [6, 6.07) is 16.1. The molecule has 0 aromatic heterocycles. The number of nitrogens with zero attached hydrogens (tertiary/aromatic N) is 2. The fourth-order valence-corrected chi connectivity index (χ4v) is 4.99. The van der Waals surface area contributed by atoms with Gasteiger partial charge in [-0.3, -0.25) is 4.79 Å². The molecule has 0 saturated heterocycles. The van der Waals surface area contributed by atoms with Crippen molar-refractivity contribution in [3.8, 4) is 11.5 Å². The van der Waals surface area contributed by atoms with E-state index in [9.17, 15) is 9.59 Å². The molecule has 9 heteroatoms. The molecular formula is C31H37ClN4O4. The van der Waals surface area contributed by atoms with Crippen LogP contribution in [0.5, 0.6) is 11.5 Å². The predicted octanol–water partition coefficient (Wildman–Crippen LogP) is 6.41. The lowest BCUT2D eigenvalue weighted by atomic mass is 9.86. The minimum Gasteiger partial charge on any atom is -0.493 e. The molecule has 0 spiro atoms. The number of nitrogens with one attached hydrogen (secondary N) is 2. The van der Waals surface area contributed by atoms with Crippen molar-refractivity contribution < 1.29 is 19.1 Å². The van der Waals surface area contributed by atoms with E-state index in [4.69, 9.17) is 21.1 Å². The van der Waals surface area contributed by atoms with E-state index in [1.165, 1.54) is 0 Å². The molecule has 1 aliphatic heterocycles. The van der Waals surface area contributed by atoms with Crippen LogP contribution in [0, 0.1) is 0 Å². The minimum absolute atomic E-state index is 0.0317. The molecule has 2 N–H and O–H groups in total. The first-order valence-corrected chi connectivity index (χ1v) is 13.9. The number of hydrogen-bond acceptors (Lipinski definition) is 5. The third kappa shape index (κ3) is 6.12. The Kier molecular flexibility index (Phi) is 9.10. The summed E-state index contributed by atoms with van der Waals surface area (Å²) in [6.07, 6.45) is 0.980. The van der Waals surface area contributed by atoms with Crippen LogP contribution in [-0.2, 0) is 11.2 Å². The van der Waals surface area contributed by atoms with Crippen molar-refractivity contribution in [3.05, 3.63) is 76.3 Å². The highest BCUT2D eigenvalue weighted by Crippen LogP contribution is 2.46. The zero-order valence-electron chi connectivity index (χ0n) is 23.9. The maximum absolute atomic E-state index is 13.9. The van der Waals surface area contributed by atoms with Gasteiger partial charge in [-0.15, -0.1) is 0 Å². The van der Waals surface area contributed by atoms with Gasteiger partial charge in [0, 0.05) is 48.3 Å². The Bertz CT molecular complexity index is 1380. The Balaban J connectivity index is 1.95. The summed E-state index contributed by atoms with van der Waals surface area (Å²) in [6.45, 7) is 6.38.